The topological polar surface area (TPSA) is 31.4 Å². The molecule has 3 fully saturated rings. The summed E-state index contributed by atoms with van der Waals surface area (Å²) in [4.78, 5) is 9.53. The molecule has 0 unspecified atom stereocenters. The van der Waals surface area contributed by atoms with Gasteiger partial charge in [0.1, 0.15) is 5.82 Å². The predicted molar refractivity (Wildman–Crippen MR) is 80.9 cm³/mol. The Morgan fingerprint density at radius 1 is 1.15 bits per heavy atom. The molecule has 4 nitrogen and oxygen atoms in total. The van der Waals surface area contributed by atoms with E-state index in [1.165, 1.54) is 58.7 Å². The van der Waals surface area contributed by atoms with E-state index in [0.29, 0.717) is 5.41 Å². The molecule has 1 spiro atoms. The lowest BCUT2D eigenvalue weighted by molar-refractivity contribution is -0.0331. The molecule has 0 amide bonds. The zero-order chi connectivity index (χ0) is 13.4. The summed E-state index contributed by atoms with van der Waals surface area (Å²) in [6, 6.07) is 6.19. The summed E-state index contributed by atoms with van der Waals surface area (Å²) in [5.41, 5.74) is 0.588. The number of rotatable bonds is 3. The lowest BCUT2D eigenvalue weighted by atomic mass is 9.72. The van der Waals surface area contributed by atoms with Crippen LogP contribution in [-0.4, -0.2) is 55.7 Å². The molecule has 20 heavy (non-hydrogen) atoms. The fourth-order valence-corrected chi connectivity index (χ4v) is 4.13. The minimum atomic E-state index is 0.588. The third kappa shape index (κ3) is 2.31. The first-order valence-corrected chi connectivity index (χ1v) is 7.92. The standard InChI is InChI=1S/C16H24N4/c1-2-6-18-15(3-1)20-12-16(13-20)10-19(11-16)9-14-4-7-17-8-5-14/h1-3,6,14,17H,4-5,7-13H2. The van der Waals surface area contributed by atoms with Crippen molar-refractivity contribution in [3.63, 3.8) is 0 Å². The maximum Gasteiger partial charge on any atom is 0.128 e. The highest BCUT2D eigenvalue weighted by atomic mass is 15.3. The molecule has 0 bridgehead atoms. The van der Waals surface area contributed by atoms with Crippen molar-refractivity contribution in [2.75, 3.05) is 50.7 Å². The van der Waals surface area contributed by atoms with Crippen molar-refractivity contribution in [2.45, 2.75) is 12.8 Å². The Morgan fingerprint density at radius 2 is 1.95 bits per heavy atom. The number of likely N-dealkylation sites (tertiary alicyclic amines) is 1. The summed E-state index contributed by atoms with van der Waals surface area (Å²) in [5.74, 6) is 2.08. The molecule has 0 atom stereocenters. The molecule has 0 aliphatic carbocycles. The Bertz CT molecular complexity index is 441. The third-order valence-electron chi connectivity index (χ3n) is 5.12. The molecule has 0 radical (unpaired) electrons. The Balaban J connectivity index is 1.24. The number of nitrogens with zero attached hydrogens (tertiary/aromatic N) is 3. The zero-order valence-corrected chi connectivity index (χ0v) is 12.1. The summed E-state index contributed by atoms with van der Waals surface area (Å²) in [6.45, 7) is 8.78. The van der Waals surface area contributed by atoms with Gasteiger partial charge in [0.15, 0.2) is 0 Å². The van der Waals surface area contributed by atoms with Gasteiger partial charge in [-0.1, -0.05) is 6.07 Å². The third-order valence-corrected chi connectivity index (χ3v) is 5.12. The molecule has 0 aromatic carbocycles. The van der Waals surface area contributed by atoms with E-state index in [1.807, 2.05) is 12.3 Å². The van der Waals surface area contributed by atoms with Crippen LogP contribution in [0.3, 0.4) is 0 Å². The first-order chi connectivity index (χ1) is 9.83. The summed E-state index contributed by atoms with van der Waals surface area (Å²) in [5, 5.41) is 3.45. The van der Waals surface area contributed by atoms with E-state index in [0.717, 1.165) is 11.7 Å². The Labute approximate surface area is 121 Å². The average Bonchev–Trinajstić information content (AvgIpc) is 2.42. The highest BCUT2D eigenvalue weighted by Crippen LogP contribution is 2.41. The van der Waals surface area contributed by atoms with E-state index >= 15 is 0 Å². The number of aromatic nitrogens is 1. The van der Waals surface area contributed by atoms with Gasteiger partial charge in [0.25, 0.3) is 0 Å². The molecule has 1 aromatic rings. The summed E-state index contributed by atoms with van der Waals surface area (Å²) in [6.07, 6.45) is 4.62. The fraction of sp³-hybridized carbons (Fsp3) is 0.688. The first-order valence-electron chi connectivity index (χ1n) is 7.92. The van der Waals surface area contributed by atoms with Crippen LogP contribution in [0, 0.1) is 11.3 Å². The van der Waals surface area contributed by atoms with Crippen molar-refractivity contribution in [1.82, 2.24) is 15.2 Å². The largest absolute Gasteiger partial charge is 0.355 e. The van der Waals surface area contributed by atoms with Crippen molar-refractivity contribution in [3.05, 3.63) is 24.4 Å². The van der Waals surface area contributed by atoms with E-state index in [2.05, 4.69) is 32.2 Å². The fourth-order valence-electron chi connectivity index (χ4n) is 4.13. The van der Waals surface area contributed by atoms with Crippen LogP contribution in [0.15, 0.2) is 24.4 Å². The average molecular weight is 272 g/mol. The number of piperidine rings is 1. The van der Waals surface area contributed by atoms with Gasteiger partial charge in [-0.2, -0.15) is 0 Å². The molecule has 3 aliphatic heterocycles. The van der Waals surface area contributed by atoms with Gasteiger partial charge >= 0.3 is 0 Å². The van der Waals surface area contributed by atoms with Gasteiger partial charge in [0.2, 0.25) is 0 Å². The lowest BCUT2D eigenvalue weighted by Crippen LogP contribution is -2.72. The second-order valence-electron chi connectivity index (χ2n) is 6.91. The van der Waals surface area contributed by atoms with Gasteiger partial charge in [-0.05, 0) is 44.0 Å². The van der Waals surface area contributed by atoms with Crippen LogP contribution in [0.25, 0.3) is 0 Å². The monoisotopic (exact) mass is 272 g/mol. The van der Waals surface area contributed by atoms with E-state index in [1.54, 1.807) is 0 Å². The maximum absolute atomic E-state index is 4.44. The van der Waals surface area contributed by atoms with Crippen LogP contribution in [0.2, 0.25) is 0 Å². The molecule has 4 rings (SSSR count). The van der Waals surface area contributed by atoms with Gasteiger partial charge in [0.05, 0.1) is 0 Å². The highest BCUT2D eigenvalue weighted by Gasteiger charge is 2.52. The number of hydrogen-bond donors (Lipinski definition) is 1. The number of pyridine rings is 1. The van der Waals surface area contributed by atoms with Gasteiger partial charge in [0, 0.05) is 44.3 Å². The van der Waals surface area contributed by atoms with Crippen LogP contribution in [-0.2, 0) is 0 Å². The molecular weight excluding hydrogens is 248 g/mol. The number of anilines is 1. The molecule has 1 N–H and O–H groups in total. The van der Waals surface area contributed by atoms with Crippen LogP contribution in [0.1, 0.15) is 12.8 Å². The van der Waals surface area contributed by atoms with Gasteiger partial charge in [-0.15, -0.1) is 0 Å². The van der Waals surface area contributed by atoms with E-state index < -0.39 is 0 Å². The van der Waals surface area contributed by atoms with Crippen LogP contribution in [0.4, 0.5) is 5.82 Å². The highest BCUT2D eigenvalue weighted by molar-refractivity contribution is 5.43. The Hall–Kier alpha value is -1.13. The van der Waals surface area contributed by atoms with Gasteiger partial charge in [-0.3, -0.25) is 0 Å². The summed E-state index contributed by atoms with van der Waals surface area (Å²) < 4.78 is 0. The molecule has 4 heterocycles. The molecule has 3 saturated heterocycles. The molecular formula is C16H24N4. The number of nitrogens with one attached hydrogen (secondary N) is 1. The van der Waals surface area contributed by atoms with Crippen molar-refractivity contribution in [2.24, 2.45) is 11.3 Å². The van der Waals surface area contributed by atoms with E-state index in [9.17, 15) is 0 Å². The molecule has 108 valence electrons. The zero-order valence-electron chi connectivity index (χ0n) is 12.1. The molecule has 3 aliphatic rings. The second kappa shape index (κ2) is 5.01. The summed E-state index contributed by atoms with van der Waals surface area (Å²) >= 11 is 0. The van der Waals surface area contributed by atoms with Crippen LogP contribution < -0.4 is 10.2 Å². The number of hydrogen-bond acceptors (Lipinski definition) is 4. The van der Waals surface area contributed by atoms with Crippen molar-refractivity contribution < 1.29 is 0 Å². The molecule has 4 heteroatoms. The quantitative estimate of drug-likeness (QED) is 0.896. The SMILES string of the molecule is c1ccc(N2CC3(CN(CC4CCNCC4)C3)C2)nc1. The van der Waals surface area contributed by atoms with Crippen LogP contribution in [0.5, 0.6) is 0 Å². The van der Waals surface area contributed by atoms with E-state index in [4.69, 9.17) is 0 Å². The van der Waals surface area contributed by atoms with Crippen molar-refractivity contribution >= 4 is 5.82 Å². The smallest absolute Gasteiger partial charge is 0.128 e. The Morgan fingerprint density at radius 3 is 2.65 bits per heavy atom. The van der Waals surface area contributed by atoms with Gasteiger partial charge < -0.3 is 15.1 Å². The van der Waals surface area contributed by atoms with E-state index in [-0.39, 0.29) is 0 Å². The minimum Gasteiger partial charge on any atom is -0.355 e. The minimum absolute atomic E-state index is 0.588. The second-order valence-corrected chi connectivity index (χ2v) is 6.91. The van der Waals surface area contributed by atoms with Crippen molar-refractivity contribution in [3.8, 4) is 0 Å². The Kier molecular flexibility index (Phi) is 3.15. The molecule has 0 saturated carbocycles. The normalized spacial score (nSPS) is 26.3. The maximum atomic E-state index is 4.44. The summed E-state index contributed by atoms with van der Waals surface area (Å²) in [7, 11) is 0. The lowest BCUT2D eigenvalue weighted by Gasteiger charge is -2.61. The van der Waals surface area contributed by atoms with Gasteiger partial charge in [-0.25, -0.2) is 4.98 Å². The molecule has 1 aromatic heterocycles. The van der Waals surface area contributed by atoms with Crippen LogP contribution >= 0.6 is 0 Å². The predicted octanol–water partition coefficient (Wildman–Crippen LogP) is 1.20. The van der Waals surface area contributed by atoms with Crippen molar-refractivity contribution in [1.29, 1.82) is 0 Å². The first kappa shape index (κ1) is 12.6.